The van der Waals surface area contributed by atoms with Crippen molar-refractivity contribution in [1.82, 2.24) is 10.6 Å². The molecule has 0 radical (unpaired) electrons. The topological polar surface area (TPSA) is 76.7 Å². The van der Waals surface area contributed by atoms with Crippen LogP contribution in [0.2, 0.25) is 0 Å². The number of benzene rings is 1. The lowest BCUT2D eigenvalue weighted by atomic mass is 10.2. The molecule has 1 aromatic carbocycles. The third-order valence-electron chi connectivity index (χ3n) is 2.41. The van der Waals surface area contributed by atoms with Gasteiger partial charge in [-0.25, -0.2) is 0 Å². The zero-order valence-corrected chi connectivity index (χ0v) is 11.4. The third-order valence-corrected chi connectivity index (χ3v) is 2.41. The first-order chi connectivity index (χ1) is 9.60. The minimum Gasteiger partial charge on any atom is -0.497 e. The van der Waals surface area contributed by atoms with Gasteiger partial charge in [-0.2, -0.15) is 0 Å². The van der Waals surface area contributed by atoms with E-state index in [9.17, 15) is 9.59 Å². The number of carbonyl (C=O) groups is 2. The Balaban J connectivity index is 2.68. The fourth-order valence-electron chi connectivity index (χ4n) is 1.41. The van der Waals surface area contributed by atoms with E-state index in [2.05, 4.69) is 16.6 Å². The highest BCUT2D eigenvalue weighted by Gasteiger charge is 2.11. The van der Waals surface area contributed by atoms with Gasteiger partial charge in [0, 0.05) is 11.6 Å². The summed E-state index contributed by atoms with van der Waals surface area (Å²) in [7, 11) is 2.98. The Labute approximate surface area is 117 Å². The smallest absolute Gasteiger partial charge is 0.251 e. The van der Waals surface area contributed by atoms with E-state index in [-0.39, 0.29) is 19.0 Å². The Morgan fingerprint density at radius 3 is 2.25 bits per heavy atom. The maximum Gasteiger partial charge on any atom is 0.251 e. The molecule has 0 aromatic heterocycles. The second kappa shape index (κ2) is 7.69. The molecule has 20 heavy (non-hydrogen) atoms. The minimum atomic E-state index is -0.405. The SMILES string of the molecule is C#CCNC(=O)CNC(=O)c1cc(OC)cc(OC)c1. The van der Waals surface area contributed by atoms with E-state index in [0.717, 1.165) is 0 Å². The normalized spacial score (nSPS) is 9.25. The fraction of sp³-hybridized carbons (Fsp3) is 0.286. The van der Waals surface area contributed by atoms with E-state index in [1.807, 2.05) is 0 Å². The summed E-state index contributed by atoms with van der Waals surface area (Å²) in [5.41, 5.74) is 0.339. The van der Waals surface area contributed by atoms with Crippen LogP contribution in [0.3, 0.4) is 0 Å². The summed E-state index contributed by atoms with van der Waals surface area (Å²) in [6.45, 7) is -0.0261. The Morgan fingerprint density at radius 2 is 1.75 bits per heavy atom. The van der Waals surface area contributed by atoms with Gasteiger partial charge in [0.1, 0.15) is 11.5 Å². The molecule has 1 aromatic rings. The average molecular weight is 276 g/mol. The van der Waals surface area contributed by atoms with E-state index in [0.29, 0.717) is 17.1 Å². The maximum absolute atomic E-state index is 11.9. The first-order valence-electron chi connectivity index (χ1n) is 5.82. The molecule has 0 heterocycles. The van der Waals surface area contributed by atoms with Gasteiger partial charge in [0.15, 0.2) is 0 Å². The monoisotopic (exact) mass is 276 g/mol. The molecule has 0 saturated carbocycles. The van der Waals surface area contributed by atoms with Crippen molar-refractivity contribution >= 4 is 11.8 Å². The Morgan fingerprint density at radius 1 is 1.15 bits per heavy atom. The highest BCUT2D eigenvalue weighted by molar-refractivity contribution is 5.97. The van der Waals surface area contributed by atoms with Crippen LogP contribution < -0.4 is 20.1 Å². The van der Waals surface area contributed by atoms with Crippen molar-refractivity contribution in [2.24, 2.45) is 0 Å². The zero-order valence-electron chi connectivity index (χ0n) is 11.4. The first-order valence-corrected chi connectivity index (χ1v) is 5.82. The van der Waals surface area contributed by atoms with E-state index < -0.39 is 5.91 Å². The lowest BCUT2D eigenvalue weighted by Gasteiger charge is -2.09. The molecule has 0 fully saturated rings. The molecule has 0 atom stereocenters. The molecule has 0 saturated heterocycles. The molecule has 0 bridgehead atoms. The Kier molecular flexibility index (Phi) is 5.91. The van der Waals surface area contributed by atoms with Gasteiger partial charge in [-0.15, -0.1) is 6.42 Å². The third kappa shape index (κ3) is 4.53. The van der Waals surface area contributed by atoms with E-state index >= 15 is 0 Å². The number of carbonyl (C=O) groups excluding carboxylic acids is 2. The minimum absolute atomic E-state index is 0.127. The molecule has 6 heteroatoms. The molecule has 2 N–H and O–H groups in total. The zero-order chi connectivity index (χ0) is 15.0. The van der Waals surface area contributed by atoms with E-state index in [1.165, 1.54) is 14.2 Å². The highest BCUT2D eigenvalue weighted by Crippen LogP contribution is 2.22. The summed E-state index contributed by atoms with van der Waals surface area (Å²) in [4.78, 5) is 23.2. The van der Waals surface area contributed by atoms with E-state index in [1.54, 1.807) is 18.2 Å². The molecular weight excluding hydrogens is 260 g/mol. The van der Waals surface area contributed by atoms with E-state index in [4.69, 9.17) is 15.9 Å². The predicted octanol–water partition coefficient (Wildman–Crippen LogP) is 0.183. The van der Waals surface area contributed by atoms with Gasteiger partial charge in [-0.05, 0) is 12.1 Å². The summed E-state index contributed by atoms with van der Waals surface area (Å²) in [5.74, 6) is 2.49. The van der Waals surface area contributed by atoms with Gasteiger partial charge in [-0.3, -0.25) is 9.59 Å². The summed E-state index contributed by atoms with van der Waals surface area (Å²) in [6, 6.07) is 4.75. The molecule has 0 aliphatic rings. The standard InChI is InChI=1S/C14H16N2O4/c1-4-5-15-13(17)9-16-14(18)10-6-11(19-2)8-12(7-10)20-3/h1,6-8H,5,9H2,2-3H3,(H,15,17)(H,16,18). The van der Waals surface area contributed by atoms with Crippen LogP contribution in [-0.4, -0.2) is 39.1 Å². The molecular formula is C14H16N2O4. The molecule has 0 unspecified atom stereocenters. The fourth-order valence-corrected chi connectivity index (χ4v) is 1.41. The first kappa shape index (κ1) is 15.4. The Bertz CT molecular complexity index is 512. The number of hydrogen-bond acceptors (Lipinski definition) is 4. The lowest BCUT2D eigenvalue weighted by Crippen LogP contribution is -2.37. The number of nitrogens with one attached hydrogen (secondary N) is 2. The molecule has 0 aliphatic heterocycles. The van der Waals surface area contributed by atoms with Crippen molar-refractivity contribution in [3.63, 3.8) is 0 Å². The van der Waals surface area contributed by atoms with Crippen molar-refractivity contribution < 1.29 is 19.1 Å². The number of ether oxygens (including phenoxy) is 2. The van der Waals surface area contributed by atoms with Crippen LogP contribution in [-0.2, 0) is 4.79 Å². The highest BCUT2D eigenvalue weighted by atomic mass is 16.5. The van der Waals surface area contributed by atoms with Crippen LogP contribution in [0.4, 0.5) is 0 Å². The van der Waals surface area contributed by atoms with Gasteiger partial charge in [0.2, 0.25) is 5.91 Å². The van der Waals surface area contributed by atoms with Gasteiger partial charge in [0.05, 0.1) is 27.3 Å². The summed E-state index contributed by atoms with van der Waals surface area (Å²) in [6.07, 6.45) is 5.01. The molecule has 1 rings (SSSR count). The van der Waals surface area contributed by atoms with Gasteiger partial charge < -0.3 is 20.1 Å². The number of amides is 2. The predicted molar refractivity (Wildman–Crippen MR) is 73.7 cm³/mol. The summed E-state index contributed by atoms with van der Waals surface area (Å²) < 4.78 is 10.1. The van der Waals surface area contributed by atoms with Crippen molar-refractivity contribution in [3.8, 4) is 23.8 Å². The van der Waals surface area contributed by atoms with Crippen LogP contribution in [0.1, 0.15) is 10.4 Å². The van der Waals surface area contributed by atoms with Gasteiger partial charge in [0.25, 0.3) is 5.91 Å². The average Bonchev–Trinajstić information content (AvgIpc) is 2.49. The van der Waals surface area contributed by atoms with Crippen LogP contribution in [0.5, 0.6) is 11.5 Å². The lowest BCUT2D eigenvalue weighted by molar-refractivity contribution is -0.119. The number of terminal acetylenes is 1. The summed E-state index contributed by atoms with van der Waals surface area (Å²) >= 11 is 0. The maximum atomic E-state index is 11.9. The van der Waals surface area contributed by atoms with Crippen LogP contribution in [0.25, 0.3) is 0 Å². The molecule has 0 aliphatic carbocycles. The van der Waals surface area contributed by atoms with Crippen LogP contribution in [0, 0.1) is 12.3 Å². The molecule has 6 nitrogen and oxygen atoms in total. The van der Waals surface area contributed by atoms with Crippen LogP contribution in [0.15, 0.2) is 18.2 Å². The number of hydrogen-bond donors (Lipinski definition) is 2. The second-order valence-corrected chi connectivity index (χ2v) is 3.76. The largest absolute Gasteiger partial charge is 0.497 e. The molecule has 2 amide bonds. The van der Waals surface area contributed by atoms with Crippen LogP contribution >= 0.6 is 0 Å². The van der Waals surface area contributed by atoms with Gasteiger partial charge in [-0.1, -0.05) is 5.92 Å². The quantitative estimate of drug-likeness (QED) is 0.727. The van der Waals surface area contributed by atoms with Gasteiger partial charge >= 0.3 is 0 Å². The number of methoxy groups -OCH3 is 2. The Hall–Kier alpha value is -2.68. The second-order valence-electron chi connectivity index (χ2n) is 3.76. The van der Waals surface area contributed by atoms with Crippen molar-refractivity contribution in [2.45, 2.75) is 0 Å². The van der Waals surface area contributed by atoms with Crippen molar-refractivity contribution in [2.75, 3.05) is 27.3 Å². The van der Waals surface area contributed by atoms with Crippen molar-refractivity contribution in [3.05, 3.63) is 23.8 Å². The summed E-state index contributed by atoms with van der Waals surface area (Å²) in [5, 5.41) is 4.92. The molecule has 106 valence electrons. The number of rotatable bonds is 6. The van der Waals surface area contributed by atoms with Crippen molar-refractivity contribution in [1.29, 1.82) is 0 Å². The molecule has 0 spiro atoms.